The maximum atomic E-state index is 13.7. The Labute approximate surface area is 263 Å². The van der Waals surface area contributed by atoms with Crippen molar-refractivity contribution in [3.05, 3.63) is 54.7 Å². The lowest BCUT2D eigenvalue weighted by Crippen LogP contribution is -2.46. The third-order valence-corrected chi connectivity index (χ3v) is 9.12. The van der Waals surface area contributed by atoms with Crippen LogP contribution in [0.1, 0.15) is 36.2 Å². The van der Waals surface area contributed by atoms with Gasteiger partial charge in [0.15, 0.2) is 11.3 Å². The van der Waals surface area contributed by atoms with E-state index in [1.807, 2.05) is 30.5 Å². The minimum absolute atomic E-state index is 0.0958. The number of ether oxygens (including phenoxy) is 3. The number of amides is 1. The highest BCUT2D eigenvalue weighted by atomic mass is 16.6. The van der Waals surface area contributed by atoms with E-state index in [-0.39, 0.29) is 23.2 Å². The molecule has 14 nitrogen and oxygen atoms in total. The maximum absolute atomic E-state index is 13.7. The van der Waals surface area contributed by atoms with Gasteiger partial charge in [-0.15, -0.1) is 0 Å². The van der Waals surface area contributed by atoms with Crippen LogP contribution < -0.4 is 20.1 Å². The van der Waals surface area contributed by atoms with E-state index in [0.717, 1.165) is 43.6 Å². The van der Waals surface area contributed by atoms with Gasteiger partial charge in [-0.25, -0.2) is 14.2 Å². The number of pyridine rings is 1. The number of nitrogens with one attached hydrogen (secondary N) is 2. The second kappa shape index (κ2) is 11.3. The lowest BCUT2D eigenvalue weighted by molar-refractivity contribution is -0.151. The second-order valence-corrected chi connectivity index (χ2v) is 11.8. The summed E-state index contributed by atoms with van der Waals surface area (Å²) in [6, 6.07) is 7.45. The molecule has 236 valence electrons. The number of methoxy groups -OCH3 is 1. The molecule has 0 aliphatic carbocycles. The van der Waals surface area contributed by atoms with E-state index in [0.29, 0.717) is 72.1 Å². The number of carbonyl (C=O) groups excluding carboxylic acids is 2. The van der Waals surface area contributed by atoms with E-state index < -0.39 is 0 Å². The van der Waals surface area contributed by atoms with Crippen molar-refractivity contribution in [3.8, 4) is 28.4 Å². The molecule has 0 saturated carbocycles. The quantitative estimate of drug-likeness (QED) is 0.258. The molecular formula is C32H33N9O5. The summed E-state index contributed by atoms with van der Waals surface area (Å²) in [6.45, 7) is 3.99. The van der Waals surface area contributed by atoms with E-state index in [1.165, 1.54) is 0 Å². The summed E-state index contributed by atoms with van der Waals surface area (Å²) in [7, 11) is 1.60. The largest absolute Gasteiger partial charge is 0.494 e. The number of piperidine rings is 1. The SMILES string of the molecule is COc1cc2c(cc1-n1nc(C(=O)NCCN3CCC4(CCC(=O)O4)CC3)c3cnc(-c4cnn5cccnc45)cc31)OCCN2. The van der Waals surface area contributed by atoms with E-state index in [2.05, 4.69) is 25.6 Å². The summed E-state index contributed by atoms with van der Waals surface area (Å²) < 4.78 is 20.8. The number of fused-ring (bicyclic) bond motifs is 3. The average molecular weight is 624 g/mol. The molecule has 1 spiro atoms. The van der Waals surface area contributed by atoms with Crippen molar-refractivity contribution >= 4 is 34.1 Å². The molecule has 2 saturated heterocycles. The molecule has 3 aliphatic heterocycles. The summed E-state index contributed by atoms with van der Waals surface area (Å²) in [5.41, 5.74) is 4.13. The molecule has 14 heteroatoms. The summed E-state index contributed by atoms with van der Waals surface area (Å²) in [4.78, 5) is 36.9. The van der Waals surface area contributed by atoms with Gasteiger partial charge in [-0.2, -0.15) is 10.2 Å². The van der Waals surface area contributed by atoms with Crippen molar-refractivity contribution in [1.29, 1.82) is 0 Å². The molecule has 1 aromatic carbocycles. The number of hydrogen-bond acceptors (Lipinski definition) is 11. The number of rotatable bonds is 7. The van der Waals surface area contributed by atoms with Gasteiger partial charge in [-0.1, -0.05) is 0 Å². The molecule has 0 radical (unpaired) electrons. The summed E-state index contributed by atoms with van der Waals surface area (Å²) in [5.74, 6) is 0.846. The van der Waals surface area contributed by atoms with Gasteiger partial charge < -0.3 is 29.7 Å². The van der Waals surface area contributed by atoms with Crippen LogP contribution >= 0.6 is 0 Å². The van der Waals surface area contributed by atoms with Gasteiger partial charge in [-0.05, 0) is 31.4 Å². The van der Waals surface area contributed by atoms with Gasteiger partial charge in [0.1, 0.15) is 29.4 Å². The van der Waals surface area contributed by atoms with Crippen molar-refractivity contribution in [3.63, 3.8) is 0 Å². The number of likely N-dealkylation sites (tertiary alicyclic amines) is 1. The summed E-state index contributed by atoms with van der Waals surface area (Å²) in [6.07, 6.45) is 9.88. The second-order valence-electron chi connectivity index (χ2n) is 11.8. The fraction of sp³-hybridized carbons (Fsp3) is 0.375. The molecule has 4 aromatic heterocycles. The number of aromatic nitrogens is 6. The fourth-order valence-electron chi connectivity index (χ4n) is 6.62. The molecule has 3 aliphatic rings. The van der Waals surface area contributed by atoms with E-state index in [1.54, 1.807) is 34.9 Å². The third-order valence-electron chi connectivity index (χ3n) is 9.12. The lowest BCUT2D eigenvalue weighted by atomic mass is 9.89. The first-order valence-corrected chi connectivity index (χ1v) is 15.5. The van der Waals surface area contributed by atoms with Crippen LogP contribution in [0.3, 0.4) is 0 Å². The number of esters is 1. The first-order chi connectivity index (χ1) is 22.5. The predicted octanol–water partition coefficient (Wildman–Crippen LogP) is 2.84. The van der Waals surface area contributed by atoms with Gasteiger partial charge in [-0.3, -0.25) is 14.6 Å². The van der Waals surface area contributed by atoms with Gasteiger partial charge in [0.05, 0.1) is 41.2 Å². The zero-order chi connectivity index (χ0) is 31.3. The van der Waals surface area contributed by atoms with Crippen LogP contribution in [0.25, 0.3) is 33.5 Å². The molecule has 1 amide bonds. The van der Waals surface area contributed by atoms with Crippen molar-refractivity contribution < 1.29 is 23.8 Å². The van der Waals surface area contributed by atoms with Crippen LogP contribution in [-0.2, 0) is 9.53 Å². The van der Waals surface area contributed by atoms with E-state index in [4.69, 9.17) is 24.3 Å². The molecule has 2 fully saturated rings. The zero-order valence-corrected chi connectivity index (χ0v) is 25.4. The molecule has 7 heterocycles. The molecule has 0 unspecified atom stereocenters. The monoisotopic (exact) mass is 623 g/mol. The van der Waals surface area contributed by atoms with Crippen LogP contribution in [0.5, 0.6) is 11.5 Å². The molecule has 46 heavy (non-hydrogen) atoms. The van der Waals surface area contributed by atoms with Crippen molar-refractivity contribution in [2.75, 3.05) is 51.8 Å². The highest BCUT2D eigenvalue weighted by molar-refractivity contribution is 6.05. The topological polar surface area (TPSA) is 150 Å². The predicted molar refractivity (Wildman–Crippen MR) is 167 cm³/mol. The molecule has 0 atom stereocenters. The van der Waals surface area contributed by atoms with Crippen molar-refractivity contribution in [1.82, 2.24) is 39.6 Å². The standard InChI is InChI=1S/C32H33N9O5/c1-44-27-16-23-26(45-14-9-33-23)17-25(27)41-24-15-22(20-19-37-40-10-2-7-34-30(20)40)36-18-21(24)29(38-41)31(43)35-8-13-39-11-5-32(6-12-39)4-3-28(42)46-32/h2,7,10,15-19,33H,3-6,8-9,11-14H2,1H3,(H,35,43). The number of nitrogens with zero attached hydrogens (tertiary/aromatic N) is 7. The Morgan fingerprint density at radius 1 is 1.15 bits per heavy atom. The Bertz CT molecular complexity index is 1980. The summed E-state index contributed by atoms with van der Waals surface area (Å²) in [5, 5.41) is 16.2. The molecule has 2 N–H and O–H groups in total. The Morgan fingerprint density at radius 3 is 2.87 bits per heavy atom. The van der Waals surface area contributed by atoms with Gasteiger partial charge in [0.25, 0.3) is 5.91 Å². The molecule has 5 aromatic rings. The Balaban J connectivity index is 1.11. The normalized spacial score (nSPS) is 17.5. The van der Waals surface area contributed by atoms with Crippen LogP contribution in [0.15, 0.2) is 49.1 Å². The maximum Gasteiger partial charge on any atom is 0.306 e. The van der Waals surface area contributed by atoms with Crippen LogP contribution in [0, 0.1) is 0 Å². The smallest absolute Gasteiger partial charge is 0.306 e. The Morgan fingerprint density at radius 2 is 2.04 bits per heavy atom. The third kappa shape index (κ3) is 4.94. The lowest BCUT2D eigenvalue weighted by Gasteiger charge is -2.37. The number of carbonyl (C=O) groups is 2. The van der Waals surface area contributed by atoms with Crippen LogP contribution in [-0.4, -0.2) is 98.2 Å². The van der Waals surface area contributed by atoms with Gasteiger partial charge >= 0.3 is 5.97 Å². The Kier molecular flexibility index (Phi) is 6.93. The zero-order valence-electron chi connectivity index (χ0n) is 25.4. The van der Waals surface area contributed by atoms with E-state index in [9.17, 15) is 9.59 Å². The first-order valence-electron chi connectivity index (χ1n) is 15.5. The fourth-order valence-corrected chi connectivity index (χ4v) is 6.62. The molecular weight excluding hydrogens is 590 g/mol. The highest BCUT2D eigenvalue weighted by Crippen LogP contribution is 2.39. The number of benzene rings is 1. The minimum atomic E-state index is -0.302. The van der Waals surface area contributed by atoms with Crippen LogP contribution in [0.4, 0.5) is 5.69 Å². The Hall–Kier alpha value is -5.24. The molecule has 8 rings (SSSR count). The van der Waals surface area contributed by atoms with Crippen molar-refractivity contribution in [2.24, 2.45) is 0 Å². The average Bonchev–Trinajstić information content (AvgIpc) is 3.80. The number of hydrogen-bond donors (Lipinski definition) is 2. The highest BCUT2D eigenvalue weighted by Gasteiger charge is 2.42. The van der Waals surface area contributed by atoms with Gasteiger partial charge in [0.2, 0.25) is 0 Å². The van der Waals surface area contributed by atoms with Crippen LogP contribution in [0.2, 0.25) is 0 Å². The minimum Gasteiger partial charge on any atom is -0.494 e. The first kappa shape index (κ1) is 28.2. The van der Waals surface area contributed by atoms with Crippen molar-refractivity contribution in [2.45, 2.75) is 31.3 Å². The molecule has 0 bridgehead atoms. The van der Waals surface area contributed by atoms with Gasteiger partial charge in [0, 0.05) is 69.9 Å². The number of anilines is 1. The summed E-state index contributed by atoms with van der Waals surface area (Å²) >= 11 is 0. The van der Waals surface area contributed by atoms with E-state index >= 15 is 0 Å².